The quantitative estimate of drug-likeness (QED) is 0.127. The summed E-state index contributed by atoms with van der Waals surface area (Å²) in [7, 11) is 1.44. The number of carbonyl (C=O) groups excluding carboxylic acids is 4. The predicted octanol–water partition coefficient (Wildman–Crippen LogP) is 6.42. The fourth-order valence-electron chi connectivity index (χ4n) is 9.18. The molecule has 0 radical (unpaired) electrons. The predicted molar refractivity (Wildman–Crippen MR) is 254 cm³/mol. The highest BCUT2D eigenvalue weighted by atomic mass is 35.6. The summed E-state index contributed by atoms with van der Waals surface area (Å²) in [6.07, 6.45) is 3.36. The Bertz CT molecular complexity index is 2590. The molecule has 372 valence electrons. The van der Waals surface area contributed by atoms with Gasteiger partial charge >= 0.3 is 17.8 Å². The lowest BCUT2D eigenvalue weighted by molar-refractivity contribution is -0.160. The first-order valence-corrected chi connectivity index (χ1v) is 23.6. The van der Waals surface area contributed by atoms with E-state index >= 15 is 0 Å². The molecular formula is C48H61Cl3N4O13. The van der Waals surface area contributed by atoms with Crippen LogP contribution < -0.4 is 20.8 Å². The largest absolute Gasteiger partial charge is 0.507 e. The number of phenols is 2. The molecule has 20 heteroatoms. The number of esters is 1. The summed E-state index contributed by atoms with van der Waals surface area (Å²) in [6, 6.07) is 0. The van der Waals surface area contributed by atoms with Gasteiger partial charge in [0.2, 0.25) is 3.79 Å². The monoisotopic (exact) mass is 1010 g/mol. The van der Waals surface area contributed by atoms with E-state index in [4.69, 9.17) is 68.5 Å². The first-order valence-electron chi connectivity index (χ1n) is 22.4. The Morgan fingerprint density at radius 3 is 2.19 bits per heavy atom. The molecule has 1 fully saturated rings. The number of nitrogens with zero attached hydrogens (tertiary/aromatic N) is 3. The molecular weight excluding hydrogens is 947 g/mol. The number of hydrogen-bond acceptors (Lipinski definition) is 15. The van der Waals surface area contributed by atoms with Crippen molar-refractivity contribution in [3.8, 4) is 17.2 Å². The Balaban J connectivity index is 1.52. The SMILES string of the molecule is CO[C@H]1/C=C/O[C@@]2(C)Oc3c(C)c(O)c4c(O)c(c5c(c4c3C2=O)=NC2(CCN(C(=O)OC(C)(C)C(Cl)(Cl)Cl)CC2)CN=5)NC(=O)/C(C)=C\C=C\[C@H](C)[C@H](O)[C@@H](C)[C@@H](O)[C@@H](C)[C@H](OC(C)=O)[C@@H]1C. The summed E-state index contributed by atoms with van der Waals surface area (Å²) in [6.45, 7) is 15.9. The summed E-state index contributed by atoms with van der Waals surface area (Å²) in [5.41, 5.74) is -2.42. The van der Waals surface area contributed by atoms with Crippen molar-refractivity contribution in [1.29, 1.82) is 0 Å². The molecule has 1 saturated heterocycles. The number of aliphatic hydroxyl groups is 2. The van der Waals surface area contributed by atoms with Crippen molar-refractivity contribution in [2.75, 3.05) is 32.1 Å². The Hall–Kier alpha value is -4.65. The van der Waals surface area contributed by atoms with Crippen molar-refractivity contribution in [2.45, 2.75) is 127 Å². The first kappa shape index (κ1) is 52.7. The number of Topliss-reactive ketones (excluding diaryl/α,β-unsaturated/α-hetero) is 1. The number of phenolic OH excluding ortho intramolecular Hbond substituents is 2. The minimum absolute atomic E-state index is 0.00409. The van der Waals surface area contributed by atoms with Crippen LogP contribution in [0, 0.1) is 30.6 Å². The number of hydrogen-bond donors (Lipinski definition) is 5. The van der Waals surface area contributed by atoms with Crippen LogP contribution in [0.4, 0.5) is 10.5 Å². The third-order valence-corrected chi connectivity index (χ3v) is 15.2. The van der Waals surface area contributed by atoms with Crippen molar-refractivity contribution < 1.29 is 63.3 Å². The number of halogens is 3. The number of piperidine rings is 1. The number of anilines is 1. The smallest absolute Gasteiger partial charge is 0.410 e. The zero-order valence-electron chi connectivity index (χ0n) is 40.0. The zero-order chi connectivity index (χ0) is 50.6. The number of likely N-dealkylation sites (tertiary alicyclic amines) is 1. The van der Waals surface area contributed by atoms with E-state index in [9.17, 15) is 39.6 Å². The van der Waals surface area contributed by atoms with E-state index in [1.807, 2.05) is 0 Å². The molecule has 0 unspecified atom stereocenters. The van der Waals surface area contributed by atoms with Gasteiger partial charge in [-0.3, -0.25) is 24.4 Å². The van der Waals surface area contributed by atoms with Crippen LogP contribution in [0.1, 0.15) is 91.1 Å². The summed E-state index contributed by atoms with van der Waals surface area (Å²) in [4.78, 5) is 66.2. The molecule has 17 nitrogen and oxygen atoms in total. The number of methoxy groups -OCH3 is 1. The lowest BCUT2D eigenvalue weighted by Gasteiger charge is -2.40. The molecule has 4 aliphatic rings. The van der Waals surface area contributed by atoms with Crippen molar-refractivity contribution in [2.24, 2.45) is 33.7 Å². The summed E-state index contributed by atoms with van der Waals surface area (Å²) < 4.78 is 27.7. The molecule has 6 rings (SSSR count). The van der Waals surface area contributed by atoms with Gasteiger partial charge in [-0.1, -0.05) is 80.7 Å². The number of rotatable bonds is 3. The maximum Gasteiger partial charge on any atom is 0.410 e. The second-order valence-corrected chi connectivity index (χ2v) is 21.3. The molecule has 2 amide bonds. The van der Waals surface area contributed by atoms with E-state index in [0.717, 1.165) is 0 Å². The van der Waals surface area contributed by atoms with Gasteiger partial charge in [-0.05, 0) is 46.6 Å². The third kappa shape index (κ3) is 9.88. The van der Waals surface area contributed by atoms with E-state index in [1.165, 1.54) is 72.0 Å². The molecule has 2 aromatic rings. The second-order valence-electron chi connectivity index (χ2n) is 19.1. The minimum Gasteiger partial charge on any atom is -0.507 e. The molecule has 0 aromatic heterocycles. The van der Waals surface area contributed by atoms with Gasteiger partial charge in [0.1, 0.15) is 28.6 Å². The number of carbonyl (C=O) groups is 4. The number of nitrogens with one attached hydrogen (secondary N) is 1. The van der Waals surface area contributed by atoms with E-state index < -0.39 is 104 Å². The number of aliphatic hydroxyl groups excluding tert-OH is 2. The molecule has 68 heavy (non-hydrogen) atoms. The van der Waals surface area contributed by atoms with Crippen LogP contribution in [0.25, 0.3) is 10.8 Å². The van der Waals surface area contributed by atoms with E-state index in [1.54, 1.807) is 39.8 Å². The van der Waals surface area contributed by atoms with Gasteiger partial charge in [0.25, 0.3) is 11.7 Å². The van der Waals surface area contributed by atoms with Crippen LogP contribution in [0.2, 0.25) is 0 Å². The van der Waals surface area contributed by atoms with Gasteiger partial charge in [0.15, 0.2) is 11.4 Å². The second kappa shape index (κ2) is 19.6. The summed E-state index contributed by atoms with van der Waals surface area (Å²) >= 11 is 18.3. The number of amides is 2. The van der Waals surface area contributed by atoms with Crippen molar-refractivity contribution in [1.82, 2.24) is 4.90 Å². The number of ether oxygens (including phenoxy) is 5. The molecule has 4 aliphatic heterocycles. The molecule has 9 atom stereocenters. The summed E-state index contributed by atoms with van der Waals surface area (Å²) in [5.74, 6) is -7.66. The van der Waals surface area contributed by atoms with Crippen molar-refractivity contribution in [3.05, 3.63) is 58.0 Å². The van der Waals surface area contributed by atoms with Crippen LogP contribution in [0.15, 0.2) is 46.1 Å². The van der Waals surface area contributed by atoms with Crippen LogP contribution in [-0.4, -0.2) is 121 Å². The van der Waals surface area contributed by atoms with Gasteiger partial charge in [-0.2, -0.15) is 0 Å². The van der Waals surface area contributed by atoms with E-state index in [2.05, 4.69) is 5.32 Å². The van der Waals surface area contributed by atoms with Crippen LogP contribution in [0.3, 0.4) is 0 Å². The molecule has 1 spiro atoms. The minimum atomic E-state index is -2.05. The Kier molecular flexibility index (Phi) is 15.2. The van der Waals surface area contributed by atoms with Gasteiger partial charge < -0.3 is 54.3 Å². The van der Waals surface area contributed by atoms with Gasteiger partial charge in [0, 0.05) is 74.2 Å². The molecule has 4 heterocycles. The fraction of sp³-hybridized carbons (Fsp3) is 0.583. The normalized spacial score (nSPS) is 30.8. The third-order valence-electron chi connectivity index (χ3n) is 13.8. The zero-order valence-corrected chi connectivity index (χ0v) is 42.2. The van der Waals surface area contributed by atoms with E-state index in [0.29, 0.717) is 0 Å². The number of benzene rings is 2. The van der Waals surface area contributed by atoms with Gasteiger partial charge in [0.05, 0.1) is 53.0 Å². The Morgan fingerprint density at radius 2 is 1.59 bits per heavy atom. The number of ketones is 1. The van der Waals surface area contributed by atoms with Crippen molar-refractivity contribution >= 4 is 75.0 Å². The average Bonchev–Trinajstić information content (AvgIpc) is 3.54. The van der Waals surface area contributed by atoms with Crippen LogP contribution in [0.5, 0.6) is 17.2 Å². The average molecular weight is 1010 g/mol. The molecule has 2 aromatic carbocycles. The molecule has 5 N–H and O–H groups in total. The molecule has 0 aliphatic carbocycles. The highest BCUT2D eigenvalue weighted by Crippen LogP contribution is 2.50. The lowest BCUT2D eigenvalue weighted by Crippen LogP contribution is -2.53. The topological polar surface area (TPSA) is 235 Å². The van der Waals surface area contributed by atoms with E-state index in [-0.39, 0.29) is 82.1 Å². The van der Waals surface area contributed by atoms with Crippen LogP contribution in [-0.2, 0) is 28.5 Å². The van der Waals surface area contributed by atoms with Crippen LogP contribution >= 0.6 is 34.8 Å². The maximum absolute atomic E-state index is 14.9. The number of fused-ring (bicyclic) bond motifs is 1. The number of aromatic hydroxyl groups is 2. The van der Waals surface area contributed by atoms with Gasteiger partial charge in [-0.15, -0.1) is 0 Å². The molecule has 0 saturated carbocycles. The first-order chi connectivity index (χ1) is 31.6. The number of allylic oxidation sites excluding steroid dienone is 2. The Morgan fingerprint density at radius 1 is 0.941 bits per heavy atom. The fourth-order valence-corrected chi connectivity index (χ4v) is 9.30. The Labute approximate surface area is 409 Å². The highest BCUT2D eigenvalue weighted by molar-refractivity contribution is 6.68. The highest BCUT2D eigenvalue weighted by Gasteiger charge is 2.51. The molecule has 4 bridgehead atoms. The summed E-state index contributed by atoms with van der Waals surface area (Å²) in [5, 5.41) is 49.8. The standard InChI is InChI=1S/C48H61Cl3N4O13/c1-22-13-12-14-23(2)43(62)53-35-34-33(54-47(21-52-34)16-18-55(19-17-47)44(63)68-45(8,9)48(49,50)51)30-31(39(35)60)38(59)27(6)41-32(30)42(61)46(10,67-41)65-20-15-29(64-11)24(3)40(66-28(7)56)26(5)37(58)25(4)36(22)57/h12-15,20,22,24-26,29,36-37,40,57-60H,16-19,21H2,1-11H3,(H,53,62)/b13-12+,20-15+,23-14-/t22-,24+,25+,26+,29-,36-,37+,40+,46-/m0/s1. The van der Waals surface area contributed by atoms with Gasteiger partial charge in [-0.25, -0.2) is 4.79 Å². The lowest BCUT2D eigenvalue weighted by atomic mass is 9.78. The maximum atomic E-state index is 14.9. The number of alkyl halides is 3. The van der Waals surface area contributed by atoms with Crippen molar-refractivity contribution in [3.63, 3.8) is 0 Å².